The molecule has 1 aliphatic carbocycles. The van der Waals surface area contributed by atoms with Crippen LogP contribution in [0.1, 0.15) is 38.5 Å². The van der Waals surface area contributed by atoms with Crippen LogP contribution in [-0.4, -0.2) is 31.2 Å². The Morgan fingerprint density at radius 1 is 1.15 bits per heavy atom. The van der Waals surface area contributed by atoms with E-state index in [1.165, 1.54) is 0 Å². The normalized spacial score (nSPS) is 30.6. The van der Waals surface area contributed by atoms with Crippen LogP contribution < -0.4 is 10.6 Å². The van der Waals surface area contributed by atoms with Crippen LogP contribution in [0.15, 0.2) is 0 Å². The maximum atomic E-state index is 12.5. The molecule has 0 aromatic rings. The van der Waals surface area contributed by atoms with Gasteiger partial charge < -0.3 is 10.6 Å². The van der Waals surface area contributed by atoms with Crippen molar-refractivity contribution >= 4 is 18.3 Å². The Balaban J connectivity index is 0.00000200. The van der Waals surface area contributed by atoms with E-state index in [1.54, 1.807) is 0 Å². The van der Waals surface area contributed by atoms with Crippen molar-refractivity contribution in [1.82, 2.24) is 10.6 Å². The molecular formula is C13H22ClF3N2O. The summed E-state index contributed by atoms with van der Waals surface area (Å²) in [6.07, 6.45) is -0.675. The maximum Gasteiger partial charge on any atom is 0.391 e. The molecule has 0 aromatic heterocycles. The minimum absolute atomic E-state index is 0. The number of alkyl halides is 3. The summed E-state index contributed by atoms with van der Waals surface area (Å²) in [6, 6.07) is -0.105. The summed E-state index contributed by atoms with van der Waals surface area (Å²) >= 11 is 0. The number of hydrogen-bond acceptors (Lipinski definition) is 2. The highest BCUT2D eigenvalue weighted by Gasteiger charge is 2.41. The summed E-state index contributed by atoms with van der Waals surface area (Å²) < 4.78 is 37.5. The van der Waals surface area contributed by atoms with Gasteiger partial charge >= 0.3 is 6.18 Å². The van der Waals surface area contributed by atoms with Crippen LogP contribution in [0.5, 0.6) is 0 Å². The average molecular weight is 315 g/mol. The predicted molar refractivity (Wildman–Crippen MR) is 72.8 cm³/mol. The highest BCUT2D eigenvalue weighted by Crippen LogP contribution is 2.39. The molecule has 0 radical (unpaired) electrons. The Labute approximate surface area is 123 Å². The maximum absolute atomic E-state index is 12.5. The van der Waals surface area contributed by atoms with Gasteiger partial charge in [0.1, 0.15) is 0 Å². The molecule has 2 fully saturated rings. The van der Waals surface area contributed by atoms with E-state index in [1.807, 2.05) is 0 Å². The number of amides is 1. The fraction of sp³-hybridized carbons (Fsp3) is 0.923. The Bertz CT molecular complexity index is 311. The summed E-state index contributed by atoms with van der Waals surface area (Å²) in [5.41, 5.74) is 0. The van der Waals surface area contributed by atoms with Gasteiger partial charge in [-0.25, -0.2) is 0 Å². The van der Waals surface area contributed by atoms with E-state index in [0.717, 1.165) is 19.4 Å². The summed E-state index contributed by atoms with van der Waals surface area (Å²) in [7, 11) is 0. The number of halogens is 4. The molecule has 0 spiro atoms. The topological polar surface area (TPSA) is 41.1 Å². The van der Waals surface area contributed by atoms with Crippen molar-refractivity contribution in [1.29, 1.82) is 0 Å². The number of carbonyl (C=O) groups excluding carboxylic acids is 1. The molecule has 1 aliphatic heterocycles. The van der Waals surface area contributed by atoms with Crippen molar-refractivity contribution in [3.8, 4) is 0 Å². The van der Waals surface area contributed by atoms with Gasteiger partial charge in [-0.1, -0.05) is 0 Å². The zero-order valence-electron chi connectivity index (χ0n) is 11.3. The first-order valence-electron chi connectivity index (χ1n) is 7.04. The lowest BCUT2D eigenvalue weighted by Gasteiger charge is -2.30. The number of carbonyl (C=O) groups is 1. The number of nitrogens with one attached hydrogen (secondary N) is 2. The van der Waals surface area contributed by atoms with Gasteiger partial charge in [0.25, 0.3) is 0 Å². The molecule has 1 heterocycles. The van der Waals surface area contributed by atoms with Gasteiger partial charge in [0.15, 0.2) is 0 Å². The standard InChI is InChI=1S/C13H21F3N2O.ClH/c14-13(15,16)10-5-3-9(4-6-10)8-18-12(19)11-2-1-7-17-11;/h9-11,17H,1-8H2,(H,18,19);1H. The van der Waals surface area contributed by atoms with Gasteiger partial charge in [-0.15, -0.1) is 12.4 Å². The highest BCUT2D eigenvalue weighted by atomic mass is 35.5. The summed E-state index contributed by atoms with van der Waals surface area (Å²) in [5, 5.41) is 5.98. The largest absolute Gasteiger partial charge is 0.391 e. The monoisotopic (exact) mass is 314 g/mol. The van der Waals surface area contributed by atoms with Crippen molar-refractivity contribution in [3.05, 3.63) is 0 Å². The molecule has 1 saturated heterocycles. The van der Waals surface area contributed by atoms with Crippen molar-refractivity contribution in [3.63, 3.8) is 0 Å². The van der Waals surface area contributed by atoms with Crippen molar-refractivity contribution in [2.75, 3.05) is 13.1 Å². The van der Waals surface area contributed by atoms with Gasteiger partial charge in [0.05, 0.1) is 12.0 Å². The van der Waals surface area contributed by atoms with E-state index in [-0.39, 0.29) is 43.1 Å². The Kier molecular flexibility index (Phi) is 6.58. The summed E-state index contributed by atoms with van der Waals surface area (Å²) in [5.74, 6) is -0.949. The van der Waals surface area contributed by atoms with Crippen LogP contribution in [0.2, 0.25) is 0 Å². The SMILES string of the molecule is Cl.O=C(NCC1CCC(C(F)(F)F)CC1)C1CCCN1. The average Bonchev–Trinajstić information content (AvgIpc) is 2.89. The van der Waals surface area contributed by atoms with Crippen LogP contribution in [0.4, 0.5) is 13.2 Å². The Morgan fingerprint density at radius 2 is 1.80 bits per heavy atom. The Hall–Kier alpha value is -0.490. The molecule has 3 nitrogen and oxygen atoms in total. The van der Waals surface area contributed by atoms with Gasteiger partial charge in [-0.3, -0.25) is 4.79 Å². The lowest BCUT2D eigenvalue weighted by molar-refractivity contribution is -0.183. The number of rotatable bonds is 3. The second-order valence-corrected chi connectivity index (χ2v) is 5.65. The quantitative estimate of drug-likeness (QED) is 0.841. The lowest BCUT2D eigenvalue weighted by Crippen LogP contribution is -2.43. The van der Waals surface area contributed by atoms with E-state index < -0.39 is 12.1 Å². The minimum atomic E-state index is -4.05. The first kappa shape index (κ1) is 17.6. The first-order valence-corrected chi connectivity index (χ1v) is 7.04. The number of hydrogen-bond donors (Lipinski definition) is 2. The van der Waals surface area contributed by atoms with E-state index in [0.29, 0.717) is 19.4 Å². The predicted octanol–water partition coefficient (Wildman–Crippen LogP) is 2.65. The molecule has 0 aromatic carbocycles. The van der Waals surface area contributed by atoms with Gasteiger partial charge in [-0.2, -0.15) is 13.2 Å². The Morgan fingerprint density at radius 3 is 2.30 bits per heavy atom. The van der Waals surface area contributed by atoms with Crippen molar-refractivity contribution in [2.45, 2.75) is 50.7 Å². The summed E-state index contributed by atoms with van der Waals surface area (Å²) in [4.78, 5) is 11.8. The third kappa shape index (κ3) is 4.81. The molecule has 1 saturated carbocycles. The molecule has 1 unspecified atom stereocenters. The van der Waals surface area contributed by atoms with Gasteiger partial charge in [-0.05, 0) is 51.0 Å². The molecule has 0 bridgehead atoms. The first-order chi connectivity index (χ1) is 8.97. The molecular weight excluding hydrogens is 293 g/mol. The molecule has 2 aliphatic rings. The van der Waals surface area contributed by atoms with Crippen LogP contribution >= 0.6 is 12.4 Å². The molecule has 2 rings (SSSR count). The molecule has 2 N–H and O–H groups in total. The lowest BCUT2D eigenvalue weighted by atomic mass is 9.81. The smallest absolute Gasteiger partial charge is 0.354 e. The van der Waals surface area contributed by atoms with Crippen molar-refractivity contribution < 1.29 is 18.0 Å². The van der Waals surface area contributed by atoms with Crippen LogP contribution in [0.25, 0.3) is 0 Å². The molecule has 7 heteroatoms. The van der Waals surface area contributed by atoms with E-state index in [4.69, 9.17) is 0 Å². The van der Waals surface area contributed by atoms with Crippen molar-refractivity contribution in [2.24, 2.45) is 11.8 Å². The zero-order chi connectivity index (χ0) is 13.9. The third-order valence-electron chi connectivity index (χ3n) is 4.25. The van der Waals surface area contributed by atoms with Crippen LogP contribution in [-0.2, 0) is 4.79 Å². The zero-order valence-corrected chi connectivity index (χ0v) is 12.2. The second kappa shape index (κ2) is 7.50. The molecule has 1 atom stereocenters. The van der Waals surface area contributed by atoms with E-state index >= 15 is 0 Å². The molecule has 118 valence electrons. The highest BCUT2D eigenvalue weighted by molar-refractivity contribution is 5.85. The van der Waals surface area contributed by atoms with E-state index in [9.17, 15) is 18.0 Å². The fourth-order valence-corrected chi connectivity index (χ4v) is 2.97. The van der Waals surface area contributed by atoms with Gasteiger partial charge in [0, 0.05) is 6.54 Å². The third-order valence-corrected chi connectivity index (χ3v) is 4.25. The summed E-state index contributed by atoms with van der Waals surface area (Å²) in [6.45, 7) is 1.39. The van der Waals surface area contributed by atoms with Gasteiger partial charge in [0.2, 0.25) is 5.91 Å². The minimum Gasteiger partial charge on any atom is -0.354 e. The second-order valence-electron chi connectivity index (χ2n) is 5.65. The van der Waals surface area contributed by atoms with E-state index in [2.05, 4.69) is 10.6 Å². The fourth-order valence-electron chi connectivity index (χ4n) is 2.97. The molecule has 20 heavy (non-hydrogen) atoms. The van der Waals surface area contributed by atoms with Crippen LogP contribution in [0.3, 0.4) is 0 Å². The van der Waals surface area contributed by atoms with Crippen LogP contribution in [0, 0.1) is 11.8 Å². The molecule has 1 amide bonds.